The number of likely N-dealkylation sites (tertiary alicyclic amines) is 1. The first-order chi connectivity index (χ1) is 16.6. The molecule has 0 bridgehead atoms. The van der Waals surface area contributed by atoms with Gasteiger partial charge in [0.05, 0.1) is 24.3 Å². The van der Waals surface area contributed by atoms with Crippen LogP contribution in [0.1, 0.15) is 23.1 Å². The van der Waals surface area contributed by atoms with Crippen LogP contribution in [0.5, 0.6) is 17.4 Å². The molecule has 188 valence electrons. The lowest BCUT2D eigenvalue weighted by atomic mass is 10.1. The lowest BCUT2D eigenvalue weighted by Gasteiger charge is -2.21. The summed E-state index contributed by atoms with van der Waals surface area (Å²) in [7, 11) is 1.56. The van der Waals surface area contributed by atoms with Crippen LogP contribution in [0.3, 0.4) is 0 Å². The number of hydrogen-bond acceptors (Lipinski definition) is 7. The first-order valence-corrected chi connectivity index (χ1v) is 11.9. The smallest absolute Gasteiger partial charge is 0.213 e. The molecule has 2 aliphatic rings. The number of nitrogens with one attached hydrogen (secondary N) is 1. The van der Waals surface area contributed by atoms with Crippen LogP contribution in [0.15, 0.2) is 30.5 Å². The van der Waals surface area contributed by atoms with Gasteiger partial charge in [-0.3, -0.25) is 4.98 Å². The molecule has 1 atom stereocenters. The molecule has 9 heteroatoms. The fourth-order valence-corrected chi connectivity index (χ4v) is 4.91. The first-order valence-electron chi connectivity index (χ1n) is 11.9. The van der Waals surface area contributed by atoms with Gasteiger partial charge in [0.25, 0.3) is 0 Å². The standard InChI is InChI=1S/C26H31FN4O3.ClH/c1-17-11-19(12-23-26(17)34-10-9-33-23)14-28-13-18-5-7-31(16-18)8-6-20-21(27)15-29-22-3-4-24(32-2)30-25(20)22;/h3-4,11-12,15,18,28H,5-10,13-14,16H2,1-2H3;1H/t18-;/m0./s1. The molecule has 7 nitrogen and oxygen atoms in total. The Kier molecular flexibility index (Phi) is 8.26. The van der Waals surface area contributed by atoms with Crippen molar-refractivity contribution < 1.29 is 18.6 Å². The van der Waals surface area contributed by atoms with Crippen LogP contribution < -0.4 is 19.5 Å². The summed E-state index contributed by atoms with van der Waals surface area (Å²) in [6.45, 7) is 7.86. The molecule has 0 amide bonds. The van der Waals surface area contributed by atoms with Gasteiger partial charge in [0.1, 0.15) is 19.0 Å². The van der Waals surface area contributed by atoms with Gasteiger partial charge in [0, 0.05) is 31.3 Å². The molecule has 1 fully saturated rings. The number of benzene rings is 1. The molecule has 35 heavy (non-hydrogen) atoms. The van der Waals surface area contributed by atoms with Gasteiger partial charge >= 0.3 is 0 Å². The summed E-state index contributed by atoms with van der Waals surface area (Å²) in [5.74, 6) is 2.46. The lowest BCUT2D eigenvalue weighted by molar-refractivity contribution is 0.170. The van der Waals surface area contributed by atoms with E-state index in [0.717, 1.165) is 56.2 Å². The summed E-state index contributed by atoms with van der Waals surface area (Å²) < 4.78 is 31.3. The highest BCUT2D eigenvalue weighted by atomic mass is 35.5. The van der Waals surface area contributed by atoms with E-state index >= 15 is 0 Å². The van der Waals surface area contributed by atoms with Gasteiger partial charge in [0.2, 0.25) is 5.88 Å². The maximum Gasteiger partial charge on any atom is 0.213 e. The molecule has 1 aromatic carbocycles. The van der Waals surface area contributed by atoms with E-state index in [1.54, 1.807) is 13.2 Å². The fourth-order valence-electron chi connectivity index (χ4n) is 4.91. The quantitative estimate of drug-likeness (QED) is 0.500. The Morgan fingerprint density at radius 3 is 2.94 bits per heavy atom. The van der Waals surface area contributed by atoms with E-state index in [9.17, 15) is 4.39 Å². The molecule has 2 aromatic heterocycles. The largest absolute Gasteiger partial charge is 0.486 e. The third-order valence-corrected chi connectivity index (χ3v) is 6.65. The number of nitrogens with zero attached hydrogens (tertiary/aromatic N) is 3. The average Bonchev–Trinajstić information content (AvgIpc) is 3.31. The number of hydrogen-bond donors (Lipinski definition) is 1. The van der Waals surface area contributed by atoms with Crippen LogP contribution in [-0.4, -0.2) is 61.4 Å². The first kappa shape index (κ1) is 25.4. The minimum absolute atomic E-state index is 0. The average molecular weight is 503 g/mol. The number of aromatic nitrogens is 2. The molecule has 1 saturated heterocycles. The van der Waals surface area contributed by atoms with E-state index in [2.05, 4.69) is 39.2 Å². The number of pyridine rings is 2. The van der Waals surface area contributed by atoms with Gasteiger partial charge in [-0.25, -0.2) is 9.37 Å². The predicted octanol–water partition coefficient (Wildman–Crippen LogP) is 3.93. The van der Waals surface area contributed by atoms with Crippen LogP contribution in [-0.2, 0) is 13.0 Å². The summed E-state index contributed by atoms with van der Waals surface area (Å²) >= 11 is 0. The van der Waals surface area contributed by atoms with Gasteiger partial charge < -0.3 is 24.4 Å². The molecule has 4 heterocycles. The monoisotopic (exact) mass is 502 g/mol. The number of halogens is 2. The summed E-state index contributed by atoms with van der Waals surface area (Å²) in [6, 6.07) is 7.82. The highest BCUT2D eigenvalue weighted by molar-refractivity contribution is 5.85. The normalized spacial score (nSPS) is 17.4. The zero-order chi connectivity index (χ0) is 23.5. The fraction of sp³-hybridized carbons (Fsp3) is 0.462. The van der Waals surface area contributed by atoms with Crippen LogP contribution in [0.25, 0.3) is 11.0 Å². The number of fused-ring (bicyclic) bond motifs is 2. The Bertz CT molecular complexity index is 1180. The van der Waals surface area contributed by atoms with Gasteiger partial charge in [-0.05, 0) is 62.0 Å². The van der Waals surface area contributed by atoms with Crippen molar-refractivity contribution >= 4 is 23.4 Å². The summed E-state index contributed by atoms with van der Waals surface area (Å²) in [5.41, 5.74) is 4.21. The van der Waals surface area contributed by atoms with Crippen LogP contribution >= 0.6 is 12.4 Å². The van der Waals surface area contributed by atoms with Gasteiger partial charge in [0.15, 0.2) is 11.5 Å². The Labute approximate surface area is 211 Å². The van der Waals surface area contributed by atoms with E-state index in [-0.39, 0.29) is 18.2 Å². The second-order valence-electron chi connectivity index (χ2n) is 9.08. The Balaban J connectivity index is 0.00000289. The second-order valence-corrected chi connectivity index (χ2v) is 9.08. The maximum absolute atomic E-state index is 14.6. The molecule has 2 aliphatic heterocycles. The van der Waals surface area contributed by atoms with E-state index < -0.39 is 0 Å². The second kappa shape index (κ2) is 11.4. The van der Waals surface area contributed by atoms with Crippen LogP contribution in [0.4, 0.5) is 4.39 Å². The molecule has 3 aromatic rings. The third kappa shape index (κ3) is 5.77. The molecule has 0 saturated carbocycles. The molecule has 0 aliphatic carbocycles. The van der Waals surface area contributed by atoms with Crippen LogP contribution in [0.2, 0.25) is 0 Å². The van der Waals surface area contributed by atoms with E-state index in [1.807, 2.05) is 6.07 Å². The highest BCUT2D eigenvalue weighted by Crippen LogP contribution is 2.34. The van der Waals surface area contributed by atoms with E-state index in [1.165, 1.54) is 11.8 Å². The van der Waals surface area contributed by atoms with Crippen molar-refractivity contribution in [3.8, 4) is 17.4 Å². The van der Waals surface area contributed by atoms with E-state index in [4.69, 9.17) is 14.2 Å². The van der Waals surface area contributed by atoms with Crippen molar-refractivity contribution in [2.45, 2.75) is 26.3 Å². The Hall–Kier alpha value is -2.68. The molecule has 0 radical (unpaired) electrons. The zero-order valence-corrected chi connectivity index (χ0v) is 21.0. The number of methoxy groups -OCH3 is 1. The number of aryl methyl sites for hydroxylation is 1. The topological polar surface area (TPSA) is 68.7 Å². The highest BCUT2D eigenvalue weighted by Gasteiger charge is 2.23. The van der Waals surface area contributed by atoms with Crippen molar-refractivity contribution in [3.05, 3.63) is 53.0 Å². The van der Waals surface area contributed by atoms with Gasteiger partial charge in [-0.15, -0.1) is 12.4 Å². The van der Waals surface area contributed by atoms with Crippen molar-refractivity contribution in [2.24, 2.45) is 5.92 Å². The molecular formula is C26H32ClFN4O3. The third-order valence-electron chi connectivity index (χ3n) is 6.65. The predicted molar refractivity (Wildman–Crippen MR) is 135 cm³/mol. The van der Waals surface area contributed by atoms with E-state index in [0.29, 0.717) is 48.0 Å². The van der Waals surface area contributed by atoms with Crippen molar-refractivity contribution in [1.82, 2.24) is 20.2 Å². The SMILES string of the molecule is COc1ccc2ncc(F)c(CCN3CC[C@@H](CNCc4cc(C)c5c(c4)OCCO5)C3)c2n1.Cl. The number of rotatable bonds is 8. The van der Waals surface area contributed by atoms with Gasteiger partial charge in [-0.2, -0.15) is 0 Å². The van der Waals surface area contributed by atoms with Crippen molar-refractivity contribution in [1.29, 1.82) is 0 Å². The molecule has 0 spiro atoms. The molecular weight excluding hydrogens is 471 g/mol. The lowest BCUT2D eigenvalue weighted by Crippen LogP contribution is -2.28. The Morgan fingerprint density at radius 2 is 2.09 bits per heavy atom. The minimum atomic E-state index is -0.305. The molecule has 1 N–H and O–H groups in total. The Morgan fingerprint density at radius 1 is 1.23 bits per heavy atom. The summed E-state index contributed by atoms with van der Waals surface area (Å²) in [6.07, 6.45) is 3.03. The number of ether oxygens (including phenoxy) is 3. The molecule has 0 unspecified atom stereocenters. The van der Waals surface area contributed by atoms with Crippen molar-refractivity contribution in [3.63, 3.8) is 0 Å². The van der Waals surface area contributed by atoms with Gasteiger partial charge in [-0.1, -0.05) is 6.07 Å². The van der Waals surface area contributed by atoms with Crippen molar-refractivity contribution in [2.75, 3.05) is 46.5 Å². The minimum Gasteiger partial charge on any atom is -0.486 e. The maximum atomic E-state index is 14.6. The summed E-state index contributed by atoms with van der Waals surface area (Å²) in [5, 5.41) is 3.60. The zero-order valence-electron chi connectivity index (χ0n) is 20.2. The summed E-state index contributed by atoms with van der Waals surface area (Å²) in [4.78, 5) is 11.0. The van der Waals surface area contributed by atoms with Crippen LogP contribution in [0, 0.1) is 18.7 Å². The molecule has 5 rings (SSSR count).